The van der Waals surface area contributed by atoms with Crippen molar-refractivity contribution in [2.24, 2.45) is 7.05 Å². The minimum atomic E-state index is -0.480. The summed E-state index contributed by atoms with van der Waals surface area (Å²) in [5.74, 6) is -0.111. The molecule has 0 atom stereocenters. The first-order chi connectivity index (χ1) is 15.5. The van der Waals surface area contributed by atoms with Crippen molar-refractivity contribution < 1.29 is 4.39 Å². The van der Waals surface area contributed by atoms with Gasteiger partial charge in [-0.15, -0.1) is 0 Å². The fraction of sp³-hybridized carbons (Fsp3) is 0.261. The first-order valence-electron chi connectivity index (χ1n) is 10.6. The molecule has 0 radical (unpaired) electrons. The predicted octanol–water partition coefficient (Wildman–Crippen LogP) is 2.72. The zero-order valence-electron chi connectivity index (χ0n) is 18.0. The molecule has 1 fully saturated rings. The second kappa shape index (κ2) is 8.08. The molecule has 4 aromatic rings. The molecule has 0 bridgehead atoms. The Kier molecular flexibility index (Phi) is 5.10. The van der Waals surface area contributed by atoms with Crippen LogP contribution >= 0.6 is 0 Å². The summed E-state index contributed by atoms with van der Waals surface area (Å²) in [5, 5.41) is 6.92. The second-order valence-electron chi connectivity index (χ2n) is 7.89. The average molecular weight is 433 g/mol. The predicted molar refractivity (Wildman–Crippen MR) is 124 cm³/mol. The summed E-state index contributed by atoms with van der Waals surface area (Å²) in [7, 11) is 1.68. The average Bonchev–Trinajstić information content (AvgIpc) is 3.04. The number of para-hydroxylation sites is 1. The molecule has 32 heavy (non-hydrogen) atoms. The fourth-order valence-electron chi connectivity index (χ4n) is 4.19. The largest absolute Gasteiger partial charge is 0.369 e. The first-order valence-corrected chi connectivity index (χ1v) is 10.6. The number of hydrogen-bond acceptors (Lipinski definition) is 6. The summed E-state index contributed by atoms with van der Waals surface area (Å²) >= 11 is 0. The number of nitrogens with zero attached hydrogens (tertiary/aromatic N) is 5. The number of anilines is 3. The van der Waals surface area contributed by atoms with Crippen LogP contribution in [0.1, 0.15) is 5.56 Å². The molecule has 0 aliphatic carbocycles. The third-order valence-corrected chi connectivity index (χ3v) is 5.79. The minimum Gasteiger partial charge on any atom is -0.369 e. The molecule has 8 nitrogen and oxygen atoms in total. The Labute approximate surface area is 184 Å². The summed E-state index contributed by atoms with van der Waals surface area (Å²) in [5.41, 5.74) is 3.47. The molecule has 1 aliphatic heterocycles. The van der Waals surface area contributed by atoms with Gasteiger partial charge in [-0.2, -0.15) is 4.98 Å². The molecule has 164 valence electrons. The van der Waals surface area contributed by atoms with E-state index in [1.165, 1.54) is 22.6 Å². The van der Waals surface area contributed by atoms with Crippen LogP contribution in [-0.2, 0) is 7.05 Å². The van der Waals surface area contributed by atoms with Gasteiger partial charge in [0.2, 0.25) is 5.95 Å². The zero-order chi connectivity index (χ0) is 22.2. The van der Waals surface area contributed by atoms with E-state index in [1.54, 1.807) is 29.9 Å². The highest BCUT2D eigenvalue weighted by Gasteiger charge is 2.17. The lowest BCUT2D eigenvalue weighted by Crippen LogP contribution is -2.43. The molecule has 1 saturated heterocycles. The molecule has 2 aromatic heterocycles. The third-order valence-electron chi connectivity index (χ3n) is 5.79. The van der Waals surface area contributed by atoms with E-state index in [0.29, 0.717) is 17.0 Å². The van der Waals surface area contributed by atoms with Crippen LogP contribution < -0.4 is 21.1 Å². The molecule has 5 rings (SSSR count). The van der Waals surface area contributed by atoms with Gasteiger partial charge >= 0.3 is 0 Å². The van der Waals surface area contributed by atoms with Crippen molar-refractivity contribution in [2.75, 3.05) is 36.4 Å². The number of piperazine rings is 1. The number of rotatable bonds is 4. The number of aromatic nitrogens is 4. The van der Waals surface area contributed by atoms with Gasteiger partial charge in [-0.1, -0.05) is 12.1 Å². The van der Waals surface area contributed by atoms with Crippen molar-refractivity contribution in [1.82, 2.24) is 24.6 Å². The Morgan fingerprint density at radius 2 is 1.88 bits per heavy atom. The van der Waals surface area contributed by atoms with E-state index in [9.17, 15) is 9.18 Å². The van der Waals surface area contributed by atoms with Crippen molar-refractivity contribution in [3.8, 4) is 5.69 Å². The SMILES string of the molecule is Cc1cc(Nc2ncc3c(=O)n(-c4ccccc4F)n(C)c3n2)ccc1N1CCNCC1. The van der Waals surface area contributed by atoms with Gasteiger partial charge in [0.25, 0.3) is 5.56 Å². The van der Waals surface area contributed by atoms with E-state index in [1.807, 2.05) is 6.07 Å². The van der Waals surface area contributed by atoms with Gasteiger partial charge in [0, 0.05) is 50.8 Å². The monoisotopic (exact) mass is 433 g/mol. The van der Waals surface area contributed by atoms with Crippen LogP contribution in [0, 0.1) is 12.7 Å². The number of halogens is 1. The van der Waals surface area contributed by atoms with Crippen molar-refractivity contribution in [2.45, 2.75) is 6.92 Å². The summed E-state index contributed by atoms with van der Waals surface area (Å²) in [6.07, 6.45) is 1.48. The lowest BCUT2D eigenvalue weighted by atomic mass is 10.1. The van der Waals surface area contributed by atoms with Gasteiger partial charge in [0.15, 0.2) is 5.65 Å². The summed E-state index contributed by atoms with van der Waals surface area (Å²) in [6.45, 7) is 6.03. The van der Waals surface area contributed by atoms with Crippen molar-refractivity contribution >= 4 is 28.4 Å². The van der Waals surface area contributed by atoms with Gasteiger partial charge < -0.3 is 15.5 Å². The van der Waals surface area contributed by atoms with Crippen molar-refractivity contribution in [3.05, 3.63) is 70.4 Å². The van der Waals surface area contributed by atoms with Crippen LogP contribution in [-0.4, -0.2) is 45.5 Å². The molecule has 1 aliphatic rings. The van der Waals surface area contributed by atoms with Crippen LogP contribution in [0.3, 0.4) is 0 Å². The Hall–Kier alpha value is -3.72. The maximum Gasteiger partial charge on any atom is 0.282 e. The summed E-state index contributed by atoms with van der Waals surface area (Å²) in [6, 6.07) is 12.3. The highest BCUT2D eigenvalue weighted by atomic mass is 19.1. The molecule has 0 amide bonds. The topological polar surface area (TPSA) is 80.0 Å². The van der Waals surface area contributed by atoms with Gasteiger partial charge in [-0.25, -0.2) is 14.1 Å². The smallest absolute Gasteiger partial charge is 0.282 e. The molecule has 0 unspecified atom stereocenters. The maximum atomic E-state index is 14.3. The Morgan fingerprint density at radius 3 is 2.62 bits per heavy atom. The quantitative estimate of drug-likeness (QED) is 0.515. The zero-order valence-corrected chi connectivity index (χ0v) is 18.0. The van der Waals surface area contributed by atoms with Gasteiger partial charge in [-0.05, 0) is 42.8 Å². The van der Waals surface area contributed by atoms with E-state index in [0.717, 1.165) is 37.4 Å². The van der Waals surface area contributed by atoms with E-state index in [-0.39, 0.29) is 11.2 Å². The van der Waals surface area contributed by atoms with Gasteiger partial charge in [0.1, 0.15) is 16.9 Å². The Balaban J connectivity index is 1.47. The van der Waals surface area contributed by atoms with Gasteiger partial charge in [0.05, 0.1) is 0 Å². The molecule has 9 heteroatoms. The van der Waals surface area contributed by atoms with Crippen LogP contribution in [0.4, 0.5) is 21.7 Å². The molecule has 0 spiro atoms. The standard InChI is InChI=1S/C23H24FN7O/c1-15-13-16(7-8-19(15)30-11-9-25-10-12-30)27-23-26-14-17-21(28-23)29(2)31(22(17)32)20-6-4-3-5-18(20)24/h3-8,13-14,25H,9-12H2,1-2H3,(H,26,27,28). The first kappa shape index (κ1) is 20.2. The molecule has 0 saturated carbocycles. The normalized spacial score (nSPS) is 14.2. The summed E-state index contributed by atoms with van der Waals surface area (Å²) < 4.78 is 17.1. The lowest BCUT2D eigenvalue weighted by molar-refractivity contribution is 0.581. The molecule has 2 N–H and O–H groups in total. The maximum absolute atomic E-state index is 14.3. The lowest BCUT2D eigenvalue weighted by Gasteiger charge is -2.30. The minimum absolute atomic E-state index is 0.173. The fourth-order valence-corrected chi connectivity index (χ4v) is 4.19. The van der Waals surface area contributed by atoms with E-state index in [2.05, 4.69) is 44.6 Å². The number of hydrogen-bond donors (Lipinski definition) is 2. The third kappa shape index (κ3) is 3.50. The number of nitrogens with one attached hydrogen (secondary N) is 2. The summed E-state index contributed by atoms with van der Waals surface area (Å²) in [4.78, 5) is 24.1. The highest BCUT2D eigenvalue weighted by molar-refractivity contribution is 5.76. The van der Waals surface area contributed by atoms with Gasteiger partial charge in [-0.3, -0.25) is 9.48 Å². The second-order valence-corrected chi connectivity index (χ2v) is 7.89. The van der Waals surface area contributed by atoms with Crippen molar-refractivity contribution in [1.29, 1.82) is 0 Å². The number of fused-ring (bicyclic) bond motifs is 1. The molecular formula is C23H24FN7O. The molecular weight excluding hydrogens is 409 g/mol. The Morgan fingerprint density at radius 1 is 1.09 bits per heavy atom. The molecule has 3 heterocycles. The number of aryl methyl sites for hydroxylation is 2. The van der Waals surface area contributed by atoms with Crippen LogP contribution in [0.5, 0.6) is 0 Å². The number of benzene rings is 2. The van der Waals surface area contributed by atoms with Crippen LogP contribution in [0.15, 0.2) is 53.5 Å². The van der Waals surface area contributed by atoms with Crippen molar-refractivity contribution in [3.63, 3.8) is 0 Å². The highest BCUT2D eigenvalue weighted by Crippen LogP contribution is 2.25. The Bertz CT molecular complexity index is 1350. The van der Waals surface area contributed by atoms with Crippen LogP contribution in [0.2, 0.25) is 0 Å². The molecule has 2 aromatic carbocycles. The van der Waals surface area contributed by atoms with Crippen LogP contribution in [0.25, 0.3) is 16.7 Å². The van der Waals surface area contributed by atoms with E-state index < -0.39 is 5.82 Å². The van der Waals surface area contributed by atoms with E-state index in [4.69, 9.17) is 0 Å². The van der Waals surface area contributed by atoms with E-state index >= 15 is 0 Å².